The largest absolute Gasteiger partial charge is 0.472 e. The Hall–Kier alpha value is -1.65. The van der Waals surface area contributed by atoms with Gasteiger partial charge in [0.05, 0.1) is 27.8 Å². The molecular weight excluding hydrogens is 256 g/mol. The first kappa shape index (κ1) is 12.4. The molecular formula is C15H16N2OS. The van der Waals surface area contributed by atoms with Gasteiger partial charge in [-0.15, -0.1) is 11.3 Å². The van der Waals surface area contributed by atoms with Gasteiger partial charge >= 0.3 is 0 Å². The molecule has 1 unspecified atom stereocenters. The first-order chi connectivity index (χ1) is 9.36. The second kappa shape index (κ2) is 5.55. The van der Waals surface area contributed by atoms with Gasteiger partial charge in [-0.25, -0.2) is 4.98 Å². The van der Waals surface area contributed by atoms with E-state index in [4.69, 9.17) is 9.40 Å². The number of fused-ring (bicyclic) bond motifs is 1. The standard InChI is InChI=1S/C15H16N2OS/c1-2-16-13(11-7-8-18-10-11)9-15-17-12-5-3-4-6-14(12)19-15/h3-8,10,13,16H,2,9H2,1H3. The molecule has 1 atom stereocenters. The number of benzene rings is 1. The van der Waals surface area contributed by atoms with Crippen LogP contribution in [0.25, 0.3) is 10.2 Å². The Kier molecular flexibility index (Phi) is 3.62. The van der Waals surface area contributed by atoms with Gasteiger partial charge in [0.2, 0.25) is 0 Å². The lowest BCUT2D eigenvalue weighted by Gasteiger charge is -2.14. The van der Waals surface area contributed by atoms with Gasteiger partial charge in [0, 0.05) is 18.0 Å². The van der Waals surface area contributed by atoms with Crippen molar-refractivity contribution in [1.29, 1.82) is 0 Å². The molecule has 98 valence electrons. The zero-order valence-electron chi connectivity index (χ0n) is 10.8. The Labute approximate surface area is 116 Å². The molecule has 3 rings (SSSR count). The number of nitrogens with zero attached hydrogens (tertiary/aromatic N) is 1. The summed E-state index contributed by atoms with van der Waals surface area (Å²) in [7, 11) is 0. The predicted molar refractivity (Wildman–Crippen MR) is 78.4 cm³/mol. The van der Waals surface area contributed by atoms with Gasteiger partial charge in [-0.3, -0.25) is 0 Å². The smallest absolute Gasteiger partial charge is 0.0957 e. The molecule has 2 aromatic heterocycles. The summed E-state index contributed by atoms with van der Waals surface area (Å²) in [5, 5.41) is 4.65. The maximum atomic E-state index is 5.18. The average molecular weight is 272 g/mol. The van der Waals surface area contributed by atoms with Gasteiger partial charge in [-0.2, -0.15) is 0 Å². The minimum Gasteiger partial charge on any atom is -0.472 e. The van der Waals surface area contributed by atoms with Crippen molar-refractivity contribution in [3.05, 3.63) is 53.4 Å². The third-order valence-corrected chi connectivity index (χ3v) is 4.17. The second-order valence-electron chi connectivity index (χ2n) is 4.45. The fourth-order valence-corrected chi connectivity index (χ4v) is 3.22. The summed E-state index contributed by atoms with van der Waals surface area (Å²) in [6, 6.07) is 10.6. The third-order valence-electron chi connectivity index (χ3n) is 3.11. The minimum absolute atomic E-state index is 0.268. The van der Waals surface area contributed by atoms with Crippen molar-refractivity contribution in [2.45, 2.75) is 19.4 Å². The number of nitrogens with one attached hydrogen (secondary N) is 1. The van der Waals surface area contributed by atoms with E-state index in [2.05, 4.69) is 30.4 Å². The highest BCUT2D eigenvalue weighted by Gasteiger charge is 2.14. The summed E-state index contributed by atoms with van der Waals surface area (Å²) in [6.45, 7) is 3.05. The van der Waals surface area contributed by atoms with Crippen LogP contribution in [0, 0.1) is 0 Å². The van der Waals surface area contributed by atoms with Crippen LogP contribution in [0.1, 0.15) is 23.5 Å². The van der Waals surface area contributed by atoms with Crippen molar-refractivity contribution in [3.63, 3.8) is 0 Å². The number of hydrogen-bond acceptors (Lipinski definition) is 4. The molecule has 0 aliphatic carbocycles. The van der Waals surface area contributed by atoms with E-state index < -0.39 is 0 Å². The van der Waals surface area contributed by atoms with Crippen LogP contribution < -0.4 is 5.32 Å². The summed E-state index contributed by atoms with van der Waals surface area (Å²) in [4.78, 5) is 4.69. The van der Waals surface area contributed by atoms with Crippen molar-refractivity contribution in [2.24, 2.45) is 0 Å². The van der Waals surface area contributed by atoms with Crippen LogP contribution in [0.2, 0.25) is 0 Å². The number of likely N-dealkylation sites (N-methyl/N-ethyl adjacent to an activating group) is 1. The van der Waals surface area contributed by atoms with E-state index in [9.17, 15) is 0 Å². The van der Waals surface area contributed by atoms with Crippen LogP contribution in [0.3, 0.4) is 0 Å². The minimum atomic E-state index is 0.268. The monoisotopic (exact) mass is 272 g/mol. The SMILES string of the molecule is CCNC(Cc1nc2ccccc2s1)c1ccoc1. The highest BCUT2D eigenvalue weighted by atomic mass is 32.1. The molecule has 4 heteroatoms. The maximum absolute atomic E-state index is 5.18. The van der Waals surface area contributed by atoms with Gasteiger partial charge in [0.25, 0.3) is 0 Å². The van der Waals surface area contributed by atoms with Crippen LogP contribution in [0.5, 0.6) is 0 Å². The van der Waals surface area contributed by atoms with Crippen molar-refractivity contribution in [2.75, 3.05) is 6.54 Å². The Balaban J connectivity index is 1.85. The van der Waals surface area contributed by atoms with Crippen LogP contribution in [0.4, 0.5) is 0 Å². The topological polar surface area (TPSA) is 38.1 Å². The van der Waals surface area contributed by atoms with Crippen molar-refractivity contribution in [3.8, 4) is 0 Å². The Morgan fingerprint density at radius 2 is 2.21 bits per heavy atom. The van der Waals surface area contributed by atoms with Crippen LogP contribution in [-0.4, -0.2) is 11.5 Å². The molecule has 0 bridgehead atoms. The van der Waals surface area contributed by atoms with Crippen molar-refractivity contribution < 1.29 is 4.42 Å². The third kappa shape index (κ3) is 2.69. The van der Waals surface area contributed by atoms with E-state index >= 15 is 0 Å². The molecule has 19 heavy (non-hydrogen) atoms. The average Bonchev–Trinajstić information content (AvgIpc) is 3.07. The van der Waals surface area contributed by atoms with E-state index in [0.717, 1.165) is 23.5 Å². The Morgan fingerprint density at radius 1 is 1.32 bits per heavy atom. The second-order valence-corrected chi connectivity index (χ2v) is 5.56. The predicted octanol–water partition coefficient (Wildman–Crippen LogP) is 3.78. The van der Waals surface area contributed by atoms with Gasteiger partial charge in [-0.05, 0) is 24.7 Å². The summed E-state index contributed by atoms with van der Waals surface area (Å²) in [6.07, 6.45) is 4.42. The molecule has 3 nitrogen and oxygen atoms in total. The Bertz CT molecular complexity index is 612. The molecule has 0 amide bonds. The van der Waals surface area contributed by atoms with E-state index in [1.54, 1.807) is 23.9 Å². The van der Waals surface area contributed by atoms with Crippen LogP contribution in [0.15, 0.2) is 47.3 Å². The molecule has 0 saturated carbocycles. The number of thiazole rings is 1. The summed E-state index contributed by atoms with van der Waals surface area (Å²) >= 11 is 1.77. The van der Waals surface area contributed by atoms with E-state index in [1.807, 2.05) is 12.1 Å². The van der Waals surface area contributed by atoms with E-state index in [1.165, 1.54) is 10.3 Å². The molecule has 2 heterocycles. The van der Waals surface area contributed by atoms with E-state index in [0.29, 0.717) is 0 Å². The molecule has 1 N–H and O–H groups in total. The fourth-order valence-electron chi connectivity index (χ4n) is 2.21. The zero-order chi connectivity index (χ0) is 13.1. The molecule has 3 aromatic rings. The van der Waals surface area contributed by atoms with Gasteiger partial charge in [0.1, 0.15) is 0 Å². The molecule has 0 spiro atoms. The lowest BCUT2D eigenvalue weighted by atomic mass is 10.1. The van der Waals surface area contributed by atoms with Gasteiger partial charge in [0.15, 0.2) is 0 Å². The number of furan rings is 1. The molecule has 0 saturated heterocycles. The number of aromatic nitrogens is 1. The first-order valence-electron chi connectivity index (χ1n) is 6.46. The molecule has 1 aromatic carbocycles. The zero-order valence-corrected chi connectivity index (χ0v) is 11.6. The first-order valence-corrected chi connectivity index (χ1v) is 7.28. The fraction of sp³-hybridized carbons (Fsp3) is 0.267. The summed E-state index contributed by atoms with van der Waals surface area (Å²) in [5.74, 6) is 0. The normalized spacial score (nSPS) is 12.9. The van der Waals surface area contributed by atoms with Crippen molar-refractivity contribution in [1.82, 2.24) is 10.3 Å². The van der Waals surface area contributed by atoms with Gasteiger partial charge in [-0.1, -0.05) is 19.1 Å². The maximum Gasteiger partial charge on any atom is 0.0957 e. The molecule has 0 radical (unpaired) electrons. The molecule has 0 aliphatic heterocycles. The number of para-hydroxylation sites is 1. The highest BCUT2D eigenvalue weighted by molar-refractivity contribution is 7.18. The summed E-state index contributed by atoms with van der Waals surface area (Å²) < 4.78 is 6.43. The van der Waals surface area contributed by atoms with Crippen LogP contribution in [-0.2, 0) is 6.42 Å². The van der Waals surface area contributed by atoms with E-state index in [-0.39, 0.29) is 6.04 Å². The highest BCUT2D eigenvalue weighted by Crippen LogP contribution is 2.26. The lowest BCUT2D eigenvalue weighted by Crippen LogP contribution is -2.22. The molecule has 0 fully saturated rings. The summed E-state index contributed by atoms with van der Waals surface area (Å²) in [5.41, 5.74) is 2.27. The number of hydrogen-bond donors (Lipinski definition) is 1. The molecule has 0 aliphatic rings. The number of rotatable bonds is 5. The van der Waals surface area contributed by atoms with Crippen molar-refractivity contribution >= 4 is 21.6 Å². The Morgan fingerprint density at radius 3 is 2.95 bits per heavy atom. The van der Waals surface area contributed by atoms with Crippen LogP contribution >= 0.6 is 11.3 Å². The lowest BCUT2D eigenvalue weighted by molar-refractivity contribution is 0.524. The van der Waals surface area contributed by atoms with Gasteiger partial charge < -0.3 is 9.73 Å². The quantitative estimate of drug-likeness (QED) is 0.768.